The highest BCUT2D eigenvalue weighted by Crippen LogP contribution is 2.19. The molecule has 0 fully saturated rings. The highest BCUT2D eigenvalue weighted by atomic mass is 32.2. The van der Waals surface area contributed by atoms with Gasteiger partial charge in [0.1, 0.15) is 0 Å². The van der Waals surface area contributed by atoms with Crippen LogP contribution in [0, 0.1) is 10.1 Å². The Morgan fingerprint density at radius 1 is 1.00 bits per heavy atom. The van der Waals surface area contributed by atoms with Crippen molar-refractivity contribution in [3.05, 3.63) is 69.3 Å². The van der Waals surface area contributed by atoms with Gasteiger partial charge in [-0.25, -0.2) is 9.59 Å². The second-order valence-corrected chi connectivity index (χ2v) is 6.36. The molecule has 0 radical (unpaired) electrons. The lowest BCUT2D eigenvalue weighted by atomic mass is 10.1. The van der Waals surface area contributed by atoms with Crippen molar-refractivity contribution >= 4 is 41.0 Å². The van der Waals surface area contributed by atoms with Gasteiger partial charge in [0.2, 0.25) is 5.91 Å². The Labute approximate surface area is 157 Å². The smallest absolute Gasteiger partial charge is 0.335 e. The average Bonchev–Trinajstić information content (AvgIpc) is 2.61. The molecule has 0 saturated heterocycles. The molecule has 0 bridgehead atoms. The minimum absolute atomic E-state index is 0.0194. The molecule has 1 amide bonds. The number of carboxylic acid groups (broad SMARTS) is 2. The molecular formula is C17H14N2O7S. The summed E-state index contributed by atoms with van der Waals surface area (Å²) in [5.74, 6) is -2.56. The van der Waals surface area contributed by atoms with Crippen molar-refractivity contribution in [3.8, 4) is 0 Å². The Hall–Kier alpha value is -3.40. The maximum absolute atomic E-state index is 12.0. The molecule has 0 aliphatic carbocycles. The Morgan fingerprint density at radius 2 is 1.56 bits per heavy atom. The first kappa shape index (κ1) is 19.9. The summed E-state index contributed by atoms with van der Waals surface area (Å²) in [6.45, 7) is 0. The third kappa shape index (κ3) is 5.82. The van der Waals surface area contributed by atoms with Crippen molar-refractivity contribution in [3.63, 3.8) is 0 Å². The number of hydrogen-bond donors (Lipinski definition) is 3. The lowest BCUT2D eigenvalue weighted by Crippen LogP contribution is -2.15. The van der Waals surface area contributed by atoms with Crippen LogP contribution in [0.25, 0.3) is 0 Å². The number of nitrogens with zero attached hydrogens (tertiary/aromatic N) is 1. The zero-order valence-corrected chi connectivity index (χ0v) is 14.6. The SMILES string of the molecule is O=C(CSCc1ccc([N+](=O)[O-])cc1)Nc1cc(C(=O)O)cc(C(=O)O)c1. The molecule has 9 nitrogen and oxygen atoms in total. The van der Waals surface area contributed by atoms with E-state index in [-0.39, 0.29) is 28.3 Å². The van der Waals surface area contributed by atoms with Crippen LogP contribution < -0.4 is 5.32 Å². The Balaban J connectivity index is 1.94. The van der Waals surface area contributed by atoms with Gasteiger partial charge in [-0.1, -0.05) is 12.1 Å². The summed E-state index contributed by atoms with van der Waals surface area (Å²) in [7, 11) is 0. The fraction of sp³-hybridized carbons (Fsp3) is 0.118. The van der Waals surface area contributed by atoms with Gasteiger partial charge < -0.3 is 15.5 Å². The van der Waals surface area contributed by atoms with E-state index in [1.54, 1.807) is 12.1 Å². The number of carbonyl (C=O) groups is 3. The van der Waals surface area contributed by atoms with Crippen molar-refractivity contribution < 1.29 is 29.5 Å². The molecule has 0 aromatic heterocycles. The van der Waals surface area contributed by atoms with Crippen molar-refractivity contribution in [1.82, 2.24) is 0 Å². The van der Waals surface area contributed by atoms with Gasteiger partial charge >= 0.3 is 11.9 Å². The van der Waals surface area contributed by atoms with Crippen LogP contribution in [0.1, 0.15) is 26.3 Å². The topological polar surface area (TPSA) is 147 Å². The molecule has 0 atom stereocenters. The number of thioether (sulfide) groups is 1. The Kier molecular flexibility index (Phi) is 6.50. The summed E-state index contributed by atoms with van der Waals surface area (Å²) in [5, 5.41) is 31.1. The molecule has 140 valence electrons. The lowest BCUT2D eigenvalue weighted by Gasteiger charge is -2.08. The van der Waals surface area contributed by atoms with Crippen LogP contribution in [0.4, 0.5) is 11.4 Å². The van der Waals surface area contributed by atoms with Crippen LogP contribution in [0.5, 0.6) is 0 Å². The Morgan fingerprint density at radius 3 is 2.04 bits per heavy atom. The Bertz CT molecular complexity index is 864. The van der Waals surface area contributed by atoms with E-state index in [2.05, 4.69) is 5.32 Å². The van der Waals surface area contributed by atoms with Crippen LogP contribution in [-0.2, 0) is 10.5 Å². The maximum Gasteiger partial charge on any atom is 0.335 e. The second kappa shape index (κ2) is 8.81. The number of nitrogens with one attached hydrogen (secondary N) is 1. The standard InChI is InChI=1S/C17H14N2O7S/c20-15(9-27-8-10-1-3-14(4-2-10)19(25)26)18-13-6-11(16(21)22)5-12(7-13)17(23)24/h1-7H,8-9H2,(H,18,20)(H,21,22)(H,23,24). The van der Waals surface area contributed by atoms with E-state index in [0.717, 1.165) is 11.6 Å². The van der Waals surface area contributed by atoms with Crippen molar-refractivity contribution in [2.75, 3.05) is 11.1 Å². The van der Waals surface area contributed by atoms with E-state index in [0.29, 0.717) is 5.75 Å². The van der Waals surface area contributed by atoms with Crippen LogP contribution in [0.3, 0.4) is 0 Å². The van der Waals surface area contributed by atoms with E-state index in [1.807, 2.05) is 0 Å². The third-order valence-electron chi connectivity index (χ3n) is 3.36. The molecule has 10 heteroatoms. The highest BCUT2D eigenvalue weighted by molar-refractivity contribution is 7.99. The molecule has 0 saturated carbocycles. The van der Waals surface area contributed by atoms with E-state index in [9.17, 15) is 24.5 Å². The monoisotopic (exact) mass is 390 g/mol. The number of aromatic carboxylic acids is 2. The van der Waals surface area contributed by atoms with Gasteiger partial charge in [-0.2, -0.15) is 0 Å². The van der Waals surface area contributed by atoms with Crippen LogP contribution in [0.2, 0.25) is 0 Å². The van der Waals surface area contributed by atoms with Gasteiger partial charge in [-0.05, 0) is 23.8 Å². The lowest BCUT2D eigenvalue weighted by molar-refractivity contribution is -0.384. The molecule has 0 heterocycles. The van der Waals surface area contributed by atoms with E-state index in [4.69, 9.17) is 10.2 Å². The number of benzene rings is 2. The highest BCUT2D eigenvalue weighted by Gasteiger charge is 2.13. The quantitative estimate of drug-likeness (QED) is 0.460. The van der Waals surface area contributed by atoms with E-state index < -0.39 is 22.8 Å². The van der Waals surface area contributed by atoms with Gasteiger partial charge in [0.25, 0.3) is 5.69 Å². The first-order chi connectivity index (χ1) is 12.8. The molecule has 0 aliphatic heterocycles. The number of rotatable bonds is 8. The van der Waals surface area contributed by atoms with Gasteiger partial charge in [-0.15, -0.1) is 11.8 Å². The summed E-state index contributed by atoms with van der Waals surface area (Å²) >= 11 is 1.25. The molecule has 0 unspecified atom stereocenters. The number of hydrogen-bond acceptors (Lipinski definition) is 6. The van der Waals surface area contributed by atoms with Crippen LogP contribution in [-0.4, -0.2) is 38.7 Å². The number of amides is 1. The van der Waals surface area contributed by atoms with Crippen molar-refractivity contribution in [2.45, 2.75) is 5.75 Å². The van der Waals surface area contributed by atoms with Gasteiger partial charge in [0.15, 0.2) is 0 Å². The maximum atomic E-state index is 12.0. The first-order valence-electron chi connectivity index (χ1n) is 7.49. The molecule has 0 aliphatic rings. The number of nitro benzene ring substituents is 1. The molecule has 0 spiro atoms. The largest absolute Gasteiger partial charge is 0.478 e. The third-order valence-corrected chi connectivity index (χ3v) is 4.36. The second-order valence-electron chi connectivity index (χ2n) is 5.37. The van der Waals surface area contributed by atoms with E-state index >= 15 is 0 Å². The van der Waals surface area contributed by atoms with Gasteiger partial charge in [-0.3, -0.25) is 14.9 Å². The fourth-order valence-corrected chi connectivity index (χ4v) is 2.91. The number of non-ortho nitro benzene ring substituents is 1. The normalized spacial score (nSPS) is 10.2. The molecule has 3 N–H and O–H groups in total. The average molecular weight is 390 g/mol. The molecule has 2 rings (SSSR count). The van der Waals surface area contributed by atoms with Crippen molar-refractivity contribution in [1.29, 1.82) is 0 Å². The summed E-state index contributed by atoms with van der Waals surface area (Å²) in [5.41, 5.74) is 0.370. The zero-order valence-electron chi connectivity index (χ0n) is 13.7. The number of carboxylic acids is 2. The number of nitro groups is 1. The minimum atomic E-state index is -1.30. The van der Waals surface area contributed by atoms with Gasteiger partial charge in [0.05, 0.1) is 21.8 Å². The minimum Gasteiger partial charge on any atom is -0.478 e. The first-order valence-corrected chi connectivity index (χ1v) is 8.64. The predicted octanol–water partition coefficient (Wildman–Crippen LogP) is 2.86. The molecule has 27 heavy (non-hydrogen) atoms. The summed E-state index contributed by atoms with van der Waals surface area (Å²) < 4.78 is 0. The summed E-state index contributed by atoms with van der Waals surface area (Å²) in [4.78, 5) is 44.2. The van der Waals surface area contributed by atoms with Crippen molar-refractivity contribution in [2.24, 2.45) is 0 Å². The molecular weight excluding hydrogens is 376 g/mol. The molecule has 2 aromatic carbocycles. The summed E-state index contributed by atoms with van der Waals surface area (Å²) in [6, 6.07) is 9.30. The zero-order chi connectivity index (χ0) is 20.0. The predicted molar refractivity (Wildman–Crippen MR) is 98.2 cm³/mol. The summed E-state index contributed by atoms with van der Waals surface area (Å²) in [6.07, 6.45) is 0. The van der Waals surface area contributed by atoms with Crippen LogP contribution in [0.15, 0.2) is 42.5 Å². The fourth-order valence-electron chi connectivity index (χ4n) is 2.12. The van der Waals surface area contributed by atoms with Gasteiger partial charge in [0, 0.05) is 23.6 Å². The van der Waals surface area contributed by atoms with Crippen LogP contribution >= 0.6 is 11.8 Å². The number of carbonyl (C=O) groups excluding carboxylic acids is 1. The van der Waals surface area contributed by atoms with E-state index in [1.165, 1.54) is 36.0 Å². The number of anilines is 1. The molecule has 2 aromatic rings.